The molecule has 0 saturated heterocycles. The second kappa shape index (κ2) is 9.44. The number of furan rings is 1. The lowest BCUT2D eigenvalue weighted by molar-refractivity contribution is 0.669. The molecule has 0 aliphatic heterocycles. The molecule has 0 N–H and O–H groups in total. The SMILES string of the molecule is c1ccc(-c2c3ccccc3c(-c3ccc4oc5cc6ccccc6c(-c6ccccc6)c5c4c3)c3ccccc23)cc1. The minimum Gasteiger partial charge on any atom is -0.456 e. The van der Waals surface area contributed by atoms with E-state index in [-0.39, 0.29) is 0 Å². The molecule has 0 fully saturated rings. The van der Waals surface area contributed by atoms with Crippen LogP contribution in [0.15, 0.2) is 162 Å². The van der Waals surface area contributed by atoms with Crippen molar-refractivity contribution in [3.8, 4) is 33.4 Å². The Morgan fingerprint density at radius 1 is 0.302 bits per heavy atom. The molecule has 1 heterocycles. The van der Waals surface area contributed by atoms with Crippen LogP contribution in [0.2, 0.25) is 0 Å². The molecule has 1 aromatic heterocycles. The van der Waals surface area contributed by atoms with Gasteiger partial charge in [0, 0.05) is 16.3 Å². The Balaban J connectivity index is 1.41. The van der Waals surface area contributed by atoms with E-state index in [0.717, 1.165) is 21.9 Å². The van der Waals surface area contributed by atoms with Crippen molar-refractivity contribution in [1.82, 2.24) is 0 Å². The van der Waals surface area contributed by atoms with Crippen LogP contribution in [0.4, 0.5) is 0 Å². The first kappa shape index (κ1) is 24.0. The fourth-order valence-electron chi connectivity index (χ4n) is 7.02. The molecule has 0 saturated carbocycles. The Labute approximate surface area is 249 Å². The van der Waals surface area contributed by atoms with Gasteiger partial charge in [-0.15, -0.1) is 0 Å². The zero-order valence-electron chi connectivity index (χ0n) is 23.4. The molecular weight excluding hydrogens is 520 g/mol. The number of rotatable bonds is 3. The lowest BCUT2D eigenvalue weighted by Gasteiger charge is -2.17. The fourth-order valence-corrected chi connectivity index (χ4v) is 7.02. The van der Waals surface area contributed by atoms with E-state index < -0.39 is 0 Å². The smallest absolute Gasteiger partial charge is 0.136 e. The Morgan fingerprint density at radius 3 is 1.40 bits per heavy atom. The van der Waals surface area contributed by atoms with Gasteiger partial charge in [-0.1, -0.05) is 140 Å². The minimum atomic E-state index is 0.903. The van der Waals surface area contributed by atoms with Crippen LogP contribution in [0.25, 0.3) is 87.6 Å². The summed E-state index contributed by atoms with van der Waals surface area (Å²) in [4.78, 5) is 0. The molecule has 200 valence electrons. The highest BCUT2D eigenvalue weighted by molar-refractivity contribution is 6.24. The van der Waals surface area contributed by atoms with Gasteiger partial charge in [-0.05, 0) is 78.3 Å². The molecule has 0 amide bonds. The summed E-state index contributed by atoms with van der Waals surface area (Å²) < 4.78 is 6.57. The first-order valence-electron chi connectivity index (χ1n) is 14.8. The van der Waals surface area contributed by atoms with Gasteiger partial charge in [-0.2, -0.15) is 0 Å². The van der Waals surface area contributed by atoms with Crippen molar-refractivity contribution in [3.05, 3.63) is 158 Å². The van der Waals surface area contributed by atoms with Crippen LogP contribution in [-0.2, 0) is 0 Å². The topological polar surface area (TPSA) is 13.1 Å². The zero-order valence-corrected chi connectivity index (χ0v) is 23.4. The van der Waals surface area contributed by atoms with Crippen molar-refractivity contribution in [3.63, 3.8) is 0 Å². The summed E-state index contributed by atoms with van der Waals surface area (Å²) >= 11 is 0. The van der Waals surface area contributed by atoms with Crippen LogP contribution in [0.1, 0.15) is 0 Å². The standard InChI is InChI=1S/C42H26O/c1-3-13-27(14-4-1)39-32-19-9-11-21-34(32)40(35-22-12-10-20-33(35)39)30-23-24-37-36(25-30)42-38(43-37)26-29-17-7-8-18-31(29)41(42)28-15-5-2-6-16-28/h1-26H. The first-order valence-corrected chi connectivity index (χ1v) is 14.8. The van der Waals surface area contributed by atoms with Crippen LogP contribution < -0.4 is 0 Å². The Bertz CT molecular complexity index is 2430. The maximum Gasteiger partial charge on any atom is 0.136 e. The molecule has 1 nitrogen and oxygen atoms in total. The normalized spacial score (nSPS) is 11.7. The van der Waals surface area contributed by atoms with Gasteiger partial charge < -0.3 is 4.42 Å². The minimum absolute atomic E-state index is 0.903. The van der Waals surface area contributed by atoms with Crippen molar-refractivity contribution in [2.45, 2.75) is 0 Å². The summed E-state index contributed by atoms with van der Waals surface area (Å²) in [5.74, 6) is 0. The van der Waals surface area contributed by atoms with Crippen LogP contribution in [0.5, 0.6) is 0 Å². The van der Waals surface area contributed by atoms with Gasteiger partial charge in [0.2, 0.25) is 0 Å². The second-order valence-electron chi connectivity index (χ2n) is 11.2. The van der Waals surface area contributed by atoms with Gasteiger partial charge in [0.25, 0.3) is 0 Å². The number of benzene rings is 8. The maximum atomic E-state index is 6.57. The quantitative estimate of drug-likeness (QED) is 0.201. The fraction of sp³-hybridized carbons (Fsp3) is 0. The zero-order chi connectivity index (χ0) is 28.3. The summed E-state index contributed by atoms with van der Waals surface area (Å²) in [7, 11) is 0. The van der Waals surface area contributed by atoms with Crippen molar-refractivity contribution in [2.75, 3.05) is 0 Å². The van der Waals surface area contributed by atoms with E-state index in [2.05, 4.69) is 158 Å². The van der Waals surface area contributed by atoms with Crippen LogP contribution in [-0.4, -0.2) is 0 Å². The van der Waals surface area contributed by atoms with Crippen LogP contribution in [0.3, 0.4) is 0 Å². The largest absolute Gasteiger partial charge is 0.456 e. The molecule has 43 heavy (non-hydrogen) atoms. The van der Waals surface area contributed by atoms with Crippen molar-refractivity contribution in [1.29, 1.82) is 0 Å². The van der Waals surface area contributed by atoms with E-state index in [9.17, 15) is 0 Å². The van der Waals surface area contributed by atoms with Crippen molar-refractivity contribution >= 4 is 54.3 Å². The summed E-state index contributed by atoms with van der Waals surface area (Å²) in [6.07, 6.45) is 0. The van der Waals surface area contributed by atoms with Crippen molar-refractivity contribution < 1.29 is 4.42 Å². The highest BCUT2D eigenvalue weighted by Crippen LogP contribution is 2.46. The van der Waals surface area contributed by atoms with E-state index in [1.807, 2.05) is 0 Å². The van der Waals surface area contributed by atoms with Crippen molar-refractivity contribution in [2.24, 2.45) is 0 Å². The summed E-state index contributed by atoms with van der Waals surface area (Å²) in [6.45, 7) is 0. The number of hydrogen-bond acceptors (Lipinski definition) is 1. The summed E-state index contributed by atoms with van der Waals surface area (Å²) in [5, 5.41) is 9.74. The summed E-state index contributed by atoms with van der Waals surface area (Å²) in [5.41, 5.74) is 9.19. The van der Waals surface area contributed by atoms with E-state index in [1.54, 1.807) is 0 Å². The molecule has 9 aromatic rings. The molecule has 1 heteroatoms. The van der Waals surface area contributed by atoms with Gasteiger partial charge in [0.05, 0.1) is 0 Å². The number of hydrogen-bond donors (Lipinski definition) is 0. The third kappa shape index (κ3) is 3.65. The molecule has 0 aliphatic carbocycles. The lowest BCUT2D eigenvalue weighted by atomic mass is 9.85. The third-order valence-electron chi connectivity index (χ3n) is 8.83. The average Bonchev–Trinajstić information content (AvgIpc) is 3.44. The molecule has 9 rings (SSSR count). The molecule has 0 atom stereocenters. The van der Waals surface area contributed by atoms with E-state index in [1.165, 1.54) is 65.7 Å². The highest BCUT2D eigenvalue weighted by atomic mass is 16.3. The molecule has 0 bridgehead atoms. The molecule has 0 unspecified atom stereocenters. The monoisotopic (exact) mass is 546 g/mol. The summed E-state index contributed by atoms with van der Waals surface area (Å²) in [6, 6.07) is 56.7. The predicted molar refractivity (Wildman–Crippen MR) is 183 cm³/mol. The maximum absolute atomic E-state index is 6.57. The number of fused-ring (bicyclic) bond motifs is 6. The molecule has 0 spiro atoms. The Morgan fingerprint density at radius 2 is 0.791 bits per heavy atom. The molecule has 0 aliphatic rings. The van der Waals surface area contributed by atoms with Gasteiger partial charge in [0.1, 0.15) is 11.2 Å². The average molecular weight is 547 g/mol. The van der Waals surface area contributed by atoms with Gasteiger partial charge in [0.15, 0.2) is 0 Å². The van der Waals surface area contributed by atoms with E-state index in [4.69, 9.17) is 4.42 Å². The van der Waals surface area contributed by atoms with Crippen LogP contribution >= 0.6 is 0 Å². The second-order valence-corrected chi connectivity index (χ2v) is 11.2. The third-order valence-corrected chi connectivity index (χ3v) is 8.83. The van der Waals surface area contributed by atoms with Gasteiger partial charge >= 0.3 is 0 Å². The van der Waals surface area contributed by atoms with E-state index >= 15 is 0 Å². The Hall–Kier alpha value is -5.66. The predicted octanol–water partition coefficient (Wildman–Crippen LogP) is 12.0. The molecule has 8 aromatic carbocycles. The highest BCUT2D eigenvalue weighted by Gasteiger charge is 2.20. The molecular formula is C42H26O. The van der Waals surface area contributed by atoms with Gasteiger partial charge in [-0.3, -0.25) is 0 Å². The first-order chi connectivity index (χ1) is 21.3. The Kier molecular flexibility index (Phi) is 5.27. The molecule has 0 radical (unpaired) electrons. The van der Waals surface area contributed by atoms with Crippen LogP contribution in [0, 0.1) is 0 Å². The van der Waals surface area contributed by atoms with E-state index in [0.29, 0.717) is 0 Å². The lowest BCUT2D eigenvalue weighted by Crippen LogP contribution is -1.90. The van der Waals surface area contributed by atoms with Gasteiger partial charge in [-0.25, -0.2) is 0 Å².